The summed E-state index contributed by atoms with van der Waals surface area (Å²) in [6.07, 6.45) is 3.66. The highest BCUT2D eigenvalue weighted by atomic mass is 16.5. The van der Waals surface area contributed by atoms with Gasteiger partial charge < -0.3 is 4.74 Å². The number of hydrogen-bond acceptors (Lipinski definition) is 3. The summed E-state index contributed by atoms with van der Waals surface area (Å²) in [6, 6.07) is 8.54. The van der Waals surface area contributed by atoms with Gasteiger partial charge >= 0.3 is 0 Å². The third-order valence-electron chi connectivity index (χ3n) is 3.67. The van der Waals surface area contributed by atoms with Crippen LogP contribution in [-0.4, -0.2) is 30.9 Å². The van der Waals surface area contributed by atoms with E-state index in [9.17, 15) is 4.79 Å². The Bertz CT molecular complexity index is 399. The molecular weight excluding hydrogens is 226 g/mol. The standard InChI is InChI=1S/C15H21NO2/c1-16(13-4-3-5-14(17)10-13)11-12-6-8-15(18-2)9-7-12/h6-9,13H,3-5,10-11H2,1-2H3. The first kappa shape index (κ1) is 13.1. The summed E-state index contributed by atoms with van der Waals surface area (Å²) in [5.41, 5.74) is 1.26. The number of methoxy groups -OCH3 is 1. The third kappa shape index (κ3) is 3.33. The highest BCUT2D eigenvalue weighted by Crippen LogP contribution is 2.21. The maximum atomic E-state index is 11.5. The van der Waals surface area contributed by atoms with Crippen molar-refractivity contribution in [2.45, 2.75) is 38.3 Å². The molecule has 0 heterocycles. The Morgan fingerprint density at radius 1 is 1.33 bits per heavy atom. The summed E-state index contributed by atoms with van der Waals surface area (Å²) in [6.45, 7) is 0.891. The minimum absolute atomic E-state index is 0.410. The van der Waals surface area contributed by atoms with Crippen LogP contribution in [0.3, 0.4) is 0 Å². The van der Waals surface area contributed by atoms with E-state index in [4.69, 9.17) is 4.74 Å². The number of benzene rings is 1. The number of ketones is 1. The Labute approximate surface area is 109 Å². The van der Waals surface area contributed by atoms with Crippen LogP contribution in [0, 0.1) is 0 Å². The Hall–Kier alpha value is -1.35. The summed E-state index contributed by atoms with van der Waals surface area (Å²) in [7, 11) is 3.78. The van der Waals surface area contributed by atoms with Crippen molar-refractivity contribution in [2.75, 3.05) is 14.2 Å². The van der Waals surface area contributed by atoms with E-state index in [-0.39, 0.29) is 0 Å². The summed E-state index contributed by atoms with van der Waals surface area (Å²) in [5.74, 6) is 1.29. The molecule has 1 fully saturated rings. The van der Waals surface area contributed by atoms with Crippen LogP contribution < -0.4 is 4.74 Å². The van der Waals surface area contributed by atoms with E-state index in [2.05, 4.69) is 24.1 Å². The van der Waals surface area contributed by atoms with Gasteiger partial charge in [-0.05, 0) is 37.6 Å². The van der Waals surface area contributed by atoms with Crippen LogP contribution >= 0.6 is 0 Å². The molecule has 0 bridgehead atoms. The highest BCUT2D eigenvalue weighted by molar-refractivity contribution is 5.79. The van der Waals surface area contributed by atoms with Gasteiger partial charge in [0.2, 0.25) is 0 Å². The normalized spacial score (nSPS) is 20.2. The van der Waals surface area contributed by atoms with Gasteiger partial charge in [0.05, 0.1) is 7.11 Å². The molecule has 0 saturated heterocycles. The van der Waals surface area contributed by atoms with E-state index in [0.29, 0.717) is 18.2 Å². The Kier molecular flexibility index (Phi) is 4.37. The van der Waals surface area contributed by atoms with Crippen molar-refractivity contribution in [3.05, 3.63) is 29.8 Å². The average molecular weight is 247 g/mol. The van der Waals surface area contributed by atoms with Gasteiger partial charge in [-0.15, -0.1) is 0 Å². The lowest BCUT2D eigenvalue weighted by Gasteiger charge is -2.30. The van der Waals surface area contributed by atoms with Gasteiger partial charge in [0, 0.05) is 25.4 Å². The van der Waals surface area contributed by atoms with Crippen molar-refractivity contribution in [1.29, 1.82) is 0 Å². The number of nitrogens with zero attached hydrogens (tertiary/aromatic N) is 1. The highest BCUT2D eigenvalue weighted by Gasteiger charge is 2.22. The molecule has 0 aliphatic heterocycles. The first-order valence-electron chi connectivity index (χ1n) is 6.54. The van der Waals surface area contributed by atoms with Crippen molar-refractivity contribution >= 4 is 5.78 Å². The molecule has 1 saturated carbocycles. The fourth-order valence-corrected chi connectivity index (χ4v) is 2.53. The van der Waals surface area contributed by atoms with E-state index in [1.165, 1.54) is 5.56 Å². The molecule has 3 nitrogen and oxygen atoms in total. The van der Waals surface area contributed by atoms with Gasteiger partial charge in [-0.3, -0.25) is 9.69 Å². The van der Waals surface area contributed by atoms with Crippen molar-refractivity contribution in [3.63, 3.8) is 0 Å². The Balaban J connectivity index is 1.93. The number of carbonyl (C=O) groups excluding carboxylic acids is 1. The molecule has 3 heteroatoms. The zero-order chi connectivity index (χ0) is 13.0. The lowest BCUT2D eigenvalue weighted by Crippen LogP contribution is -2.35. The van der Waals surface area contributed by atoms with Gasteiger partial charge in [-0.25, -0.2) is 0 Å². The Morgan fingerprint density at radius 2 is 2.06 bits per heavy atom. The predicted octanol–water partition coefficient (Wildman–Crippen LogP) is 2.64. The molecule has 1 unspecified atom stereocenters. The fraction of sp³-hybridized carbons (Fsp3) is 0.533. The maximum absolute atomic E-state index is 11.5. The lowest BCUT2D eigenvalue weighted by molar-refractivity contribution is -0.121. The second kappa shape index (κ2) is 6.01. The number of Topliss-reactive ketones (excluding diaryl/α,β-unsaturated/α-hetero) is 1. The van der Waals surface area contributed by atoms with Crippen molar-refractivity contribution in [2.24, 2.45) is 0 Å². The minimum Gasteiger partial charge on any atom is -0.497 e. The third-order valence-corrected chi connectivity index (χ3v) is 3.67. The summed E-state index contributed by atoms with van der Waals surface area (Å²) in [4.78, 5) is 13.8. The van der Waals surface area contributed by atoms with E-state index in [1.807, 2.05) is 12.1 Å². The van der Waals surface area contributed by atoms with Gasteiger partial charge in [-0.1, -0.05) is 12.1 Å². The second-order valence-corrected chi connectivity index (χ2v) is 5.05. The smallest absolute Gasteiger partial charge is 0.134 e. The van der Waals surface area contributed by atoms with Crippen molar-refractivity contribution < 1.29 is 9.53 Å². The van der Waals surface area contributed by atoms with E-state index >= 15 is 0 Å². The first-order valence-corrected chi connectivity index (χ1v) is 6.54. The summed E-state index contributed by atoms with van der Waals surface area (Å²) >= 11 is 0. The van der Waals surface area contributed by atoms with E-state index < -0.39 is 0 Å². The van der Waals surface area contributed by atoms with Crippen LogP contribution in [0.15, 0.2) is 24.3 Å². The zero-order valence-corrected chi connectivity index (χ0v) is 11.2. The molecule has 0 amide bonds. The van der Waals surface area contributed by atoms with Gasteiger partial charge in [0.15, 0.2) is 0 Å². The zero-order valence-electron chi connectivity index (χ0n) is 11.2. The van der Waals surface area contributed by atoms with Crippen LogP contribution in [0.25, 0.3) is 0 Å². The van der Waals surface area contributed by atoms with Gasteiger partial charge in [-0.2, -0.15) is 0 Å². The molecule has 1 aromatic rings. The number of rotatable bonds is 4. The van der Waals surface area contributed by atoms with Crippen LogP contribution in [0.2, 0.25) is 0 Å². The summed E-state index contributed by atoms with van der Waals surface area (Å²) in [5, 5.41) is 0. The lowest BCUT2D eigenvalue weighted by atomic mass is 9.93. The SMILES string of the molecule is COc1ccc(CN(C)C2CCCC(=O)C2)cc1. The number of hydrogen-bond donors (Lipinski definition) is 0. The molecule has 18 heavy (non-hydrogen) atoms. The van der Waals surface area contributed by atoms with Gasteiger partial charge in [0.1, 0.15) is 11.5 Å². The minimum atomic E-state index is 0.410. The molecule has 0 radical (unpaired) electrons. The number of carbonyl (C=O) groups is 1. The molecule has 2 rings (SSSR count). The van der Waals surface area contributed by atoms with Gasteiger partial charge in [0.25, 0.3) is 0 Å². The maximum Gasteiger partial charge on any atom is 0.134 e. The van der Waals surface area contributed by atoms with Crippen LogP contribution in [-0.2, 0) is 11.3 Å². The molecule has 98 valence electrons. The predicted molar refractivity (Wildman–Crippen MR) is 71.7 cm³/mol. The molecular formula is C15H21NO2. The first-order chi connectivity index (χ1) is 8.69. The molecule has 1 aromatic carbocycles. The largest absolute Gasteiger partial charge is 0.497 e. The monoisotopic (exact) mass is 247 g/mol. The Morgan fingerprint density at radius 3 is 2.67 bits per heavy atom. The van der Waals surface area contributed by atoms with E-state index in [1.54, 1.807) is 7.11 Å². The average Bonchev–Trinajstić information content (AvgIpc) is 2.39. The van der Waals surface area contributed by atoms with Crippen LogP contribution in [0.1, 0.15) is 31.2 Å². The fourth-order valence-electron chi connectivity index (χ4n) is 2.53. The van der Waals surface area contributed by atoms with Crippen LogP contribution in [0.5, 0.6) is 5.75 Å². The van der Waals surface area contributed by atoms with Crippen molar-refractivity contribution in [1.82, 2.24) is 4.90 Å². The molecule has 0 spiro atoms. The van der Waals surface area contributed by atoms with Crippen LogP contribution in [0.4, 0.5) is 0 Å². The quantitative estimate of drug-likeness (QED) is 0.819. The molecule has 1 aliphatic rings. The van der Waals surface area contributed by atoms with E-state index in [0.717, 1.165) is 31.6 Å². The molecule has 0 aromatic heterocycles. The second-order valence-electron chi connectivity index (χ2n) is 5.05. The molecule has 1 aliphatic carbocycles. The molecule has 1 atom stereocenters. The summed E-state index contributed by atoms with van der Waals surface area (Å²) < 4.78 is 5.15. The number of ether oxygens (including phenoxy) is 1. The van der Waals surface area contributed by atoms with Crippen molar-refractivity contribution in [3.8, 4) is 5.75 Å². The topological polar surface area (TPSA) is 29.5 Å². The molecule has 0 N–H and O–H groups in total.